The monoisotopic (exact) mass is 1170 g/mol. The number of phenolic OH excluding ortho intramolecular Hbond substituents is 1. The van der Waals surface area contributed by atoms with Crippen LogP contribution in [0.3, 0.4) is 0 Å². The largest absolute Gasteiger partial charge is 1.00 e. The van der Waals surface area contributed by atoms with Gasteiger partial charge in [-0.05, 0) is 119 Å². The number of benzene rings is 6. The third-order valence-corrected chi connectivity index (χ3v) is 15.3. The van der Waals surface area contributed by atoms with Gasteiger partial charge in [0.15, 0.2) is 71.5 Å². The lowest BCUT2D eigenvalue weighted by molar-refractivity contribution is -0.686. The quantitative estimate of drug-likeness (QED) is 0.109. The van der Waals surface area contributed by atoms with Crippen LogP contribution < -0.4 is 66.6 Å². The van der Waals surface area contributed by atoms with E-state index >= 15 is 0 Å². The summed E-state index contributed by atoms with van der Waals surface area (Å²) in [5, 5.41) is 13.3. The van der Waals surface area contributed by atoms with Gasteiger partial charge in [-0.2, -0.15) is 43.9 Å². The maximum Gasteiger partial charge on any atom is 0.416 e. The van der Waals surface area contributed by atoms with Gasteiger partial charge >= 0.3 is 22.5 Å². The Balaban J connectivity index is 0.000000168. The van der Waals surface area contributed by atoms with E-state index in [-0.39, 0.29) is 60.5 Å². The lowest BCUT2D eigenvalue weighted by Gasteiger charge is -2.18. The number of fused-ring (bicyclic) bond motifs is 10. The van der Waals surface area contributed by atoms with Crippen LogP contribution in [0.25, 0.3) is 44.1 Å². The molecule has 2 aromatic heterocycles. The zero-order chi connectivity index (χ0) is 53.2. The third-order valence-electron chi connectivity index (χ3n) is 12.7. The van der Waals surface area contributed by atoms with E-state index in [2.05, 4.69) is 22.8 Å². The van der Waals surface area contributed by atoms with Crippen molar-refractivity contribution in [2.45, 2.75) is 48.1 Å². The van der Waals surface area contributed by atoms with E-state index in [0.29, 0.717) is 58.8 Å². The zero-order valence-electron chi connectivity index (χ0n) is 39.8. The minimum absolute atomic E-state index is 0. The predicted octanol–water partition coefficient (Wildman–Crippen LogP) is 4.31. The number of phenols is 1. The third kappa shape index (κ3) is 11.2. The maximum absolute atomic E-state index is 13.0. The van der Waals surface area contributed by atoms with Crippen LogP contribution >= 0.6 is 10.7 Å². The Morgan fingerprint density at radius 3 is 1.42 bits per heavy atom. The molecule has 77 heavy (non-hydrogen) atoms. The molecular formula is C52H39Cl3F6N2O12S2. The second-order valence-corrected chi connectivity index (χ2v) is 21.3. The molecule has 0 bridgehead atoms. The number of rotatable bonds is 6. The molecule has 14 nitrogen and oxygen atoms in total. The SMILES string of the molecule is COc1ccc2cc3[n+](cc2c1O)CCc1cc2c(cc1-3)OCO2.COc1ccc2cc3[n+](cc2c1OS(=O)(=O)c1ccc(C(F)(F)F)cc1)CCc1cc2c(cc1-3)OCO2.O=S(=O)(Cl)c1ccc(C(F)(F)F)cc1.[Cl-].[Cl-]. The highest BCUT2D eigenvalue weighted by Gasteiger charge is 2.34. The van der Waals surface area contributed by atoms with E-state index in [0.717, 1.165) is 94.0 Å². The molecule has 6 aromatic carbocycles. The molecule has 0 saturated carbocycles. The number of alkyl halides is 6. The Morgan fingerprint density at radius 2 is 0.974 bits per heavy atom. The van der Waals surface area contributed by atoms with Crippen molar-refractivity contribution in [3.8, 4) is 68.5 Å². The van der Waals surface area contributed by atoms with Crippen molar-refractivity contribution in [2.24, 2.45) is 0 Å². The van der Waals surface area contributed by atoms with E-state index in [9.17, 15) is 48.3 Å². The maximum atomic E-state index is 13.0. The number of aromatic nitrogens is 2. The molecule has 4 aliphatic rings. The van der Waals surface area contributed by atoms with E-state index < -0.39 is 47.5 Å². The molecule has 6 heterocycles. The summed E-state index contributed by atoms with van der Waals surface area (Å²) in [6.07, 6.45) is -3.64. The molecule has 0 spiro atoms. The Bertz CT molecular complexity index is 3830. The summed E-state index contributed by atoms with van der Waals surface area (Å²) < 4.78 is 165. The van der Waals surface area contributed by atoms with E-state index in [4.69, 9.17) is 43.3 Å². The minimum atomic E-state index is -4.59. The second-order valence-electron chi connectivity index (χ2n) is 17.2. The number of hydrogen-bond acceptors (Lipinski definition) is 12. The molecule has 0 atom stereocenters. The highest BCUT2D eigenvalue weighted by molar-refractivity contribution is 8.13. The van der Waals surface area contributed by atoms with Gasteiger partial charge in [0, 0.05) is 35.7 Å². The Morgan fingerprint density at radius 1 is 0.558 bits per heavy atom. The molecule has 0 unspecified atom stereocenters. The molecular weight excluding hydrogens is 1130 g/mol. The van der Waals surface area contributed by atoms with Crippen LogP contribution in [0, 0.1) is 0 Å². The minimum Gasteiger partial charge on any atom is -1.00 e. The van der Waals surface area contributed by atoms with Gasteiger partial charge in [-0.15, -0.1) is 0 Å². The molecule has 25 heteroatoms. The fourth-order valence-corrected chi connectivity index (χ4v) is 10.7. The number of halogens is 9. The summed E-state index contributed by atoms with van der Waals surface area (Å²) in [6, 6.07) is 25.3. The molecule has 12 rings (SSSR count). The van der Waals surface area contributed by atoms with Crippen LogP contribution in [0.5, 0.6) is 46.0 Å². The lowest BCUT2D eigenvalue weighted by Crippen LogP contribution is -3.00. The lowest BCUT2D eigenvalue weighted by atomic mass is 9.95. The predicted molar refractivity (Wildman–Crippen MR) is 257 cm³/mol. The van der Waals surface area contributed by atoms with Gasteiger partial charge in [-0.25, -0.2) is 8.42 Å². The van der Waals surface area contributed by atoms with Crippen molar-refractivity contribution in [3.05, 3.63) is 144 Å². The molecule has 0 fully saturated rings. The summed E-state index contributed by atoms with van der Waals surface area (Å²) in [5.74, 6) is 3.78. The summed E-state index contributed by atoms with van der Waals surface area (Å²) in [5.41, 5.74) is 4.66. The van der Waals surface area contributed by atoms with Gasteiger partial charge < -0.3 is 62.5 Å². The van der Waals surface area contributed by atoms with Crippen LogP contribution in [0.1, 0.15) is 22.3 Å². The van der Waals surface area contributed by atoms with Gasteiger partial charge in [0.25, 0.3) is 9.05 Å². The molecule has 4 aliphatic heterocycles. The standard InChI is InChI=1S/C26H19F3NO6S.C19H15NO4.C7H4ClF3O2S.2ClH/c1-33-22-7-2-15-10-21-19-12-24-23(34-14-35-24)11-16(19)8-9-30(21)13-20(15)25(22)36-37(31,32)18-5-3-17(4-6-18)26(27,28)29;1-22-16-3-2-11-6-15-13-8-18-17(23-10-24-18)7-12(13)4-5-20(15)9-14(11)19(16)21;8-14(12,13)6-3-1-5(2-4-6)7(9,10)11;;/h2-7,10-13H,8-9,14H2,1H3;2-3,6-9H,4-5,10H2,1H3;1-4H;2*1H/q+1;;;;/p-1. The summed E-state index contributed by atoms with van der Waals surface area (Å²) in [4.78, 5) is -0.762. The molecule has 0 aliphatic carbocycles. The molecule has 0 radical (unpaired) electrons. The average Bonchev–Trinajstić information content (AvgIpc) is 4.06. The summed E-state index contributed by atoms with van der Waals surface area (Å²) in [7, 11) is -0.568. The topological polar surface area (TPSA) is 161 Å². The van der Waals surface area contributed by atoms with Gasteiger partial charge in [0.1, 0.15) is 4.90 Å². The summed E-state index contributed by atoms with van der Waals surface area (Å²) in [6.45, 7) is 1.93. The first kappa shape index (κ1) is 56.1. The average molecular weight is 1170 g/mol. The first-order valence-electron chi connectivity index (χ1n) is 22.5. The molecule has 0 amide bonds. The van der Waals surface area contributed by atoms with Gasteiger partial charge in [0.2, 0.25) is 25.0 Å². The number of ether oxygens (including phenoxy) is 6. The van der Waals surface area contributed by atoms with E-state index in [1.165, 1.54) is 12.7 Å². The molecule has 8 aromatic rings. The number of hydrogen-bond donors (Lipinski definition) is 1. The highest BCUT2D eigenvalue weighted by Crippen LogP contribution is 2.44. The van der Waals surface area contributed by atoms with Crippen molar-refractivity contribution in [3.63, 3.8) is 0 Å². The van der Waals surface area contributed by atoms with Gasteiger partial charge in [0.05, 0.1) is 52.1 Å². The van der Waals surface area contributed by atoms with Crippen molar-refractivity contribution in [1.29, 1.82) is 0 Å². The van der Waals surface area contributed by atoms with Crippen LogP contribution in [-0.2, 0) is 57.5 Å². The van der Waals surface area contributed by atoms with Crippen LogP contribution in [0.2, 0.25) is 0 Å². The Kier molecular flexibility index (Phi) is 15.6. The smallest absolute Gasteiger partial charge is 0.416 e. The fraction of sp³-hybridized carbons (Fsp3) is 0.192. The van der Waals surface area contributed by atoms with Crippen molar-refractivity contribution < 1.29 is 115 Å². The first-order chi connectivity index (χ1) is 35.6. The number of aromatic hydroxyl groups is 1. The van der Waals surface area contributed by atoms with Gasteiger partial charge in [-0.3, -0.25) is 0 Å². The Labute approximate surface area is 452 Å². The van der Waals surface area contributed by atoms with Crippen molar-refractivity contribution in [1.82, 2.24) is 0 Å². The molecule has 0 saturated heterocycles. The molecule has 404 valence electrons. The number of methoxy groups -OCH3 is 2. The van der Waals surface area contributed by atoms with Crippen LogP contribution in [0.15, 0.2) is 131 Å². The summed E-state index contributed by atoms with van der Waals surface area (Å²) >= 11 is 0. The van der Waals surface area contributed by atoms with Crippen LogP contribution in [-0.4, -0.2) is 49.7 Å². The highest BCUT2D eigenvalue weighted by atomic mass is 35.7. The number of pyridine rings is 2. The second kappa shape index (κ2) is 21.4. The normalized spacial score (nSPS) is 13.7. The number of nitrogens with zero attached hydrogens (tertiary/aromatic N) is 2. The number of aryl methyl sites for hydroxylation is 4. The Hall–Kier alpha value is -7.11. The van der Waals surface area contributed by atoms with Crippen molar-refractivity contribution in [2.75, 3.05) is 27.8 Å². The van der Waals surface area contributed by atoms with Crippen molar-refractivity contribution >= 4 is 51.4 Å². The van der Waals surface area contributed by atoms with E-state index in [1.54, 1.807) is 31.5 Å². The first-order valence-corrected chi connectivity index (χ1v) is 26.2. The van der Waals surface area contributed by atoms with Crippen LogP contribution in [0.4, 0.5) is 26.3 Å². The van der Waals surface area contributed by atoms with Gasteiger partial charge in [-0.1, -0.05) is 0 Å². The zero-order valence-corrected chi connectivity index (χ0v) is 43.7. The van der Waals surface area contributed by atoms with E-state index in [1.807, 2.05) is 35.0 Å². The molecule has 1 N–H and O–H groups in total. The fourth-order valence-electron chi connectivity index (χ4n) is 8.99.